The van der Waals surface area contributed by atoms with Crippen LogP contribution in [0.1, 0.15) is 28.4 Å². The van der Waals surface area contributed by atoms with Crippen molar-refractivity contribution >= 4 is 18.1 Å². The van der Waals surface area contributed by atoms with Crippen LogP contribution in [0.4, 0.5) is 10.5 Å². The number of aryl methyl sites for hydroxylation is 2. The highest BCUT2D eigenvalue weighted by atomic mass is 16.5. The van der Waals surface area contributed by atoms with Gasteiger partial charge in [-0.15, -0.1) is 0 Å². The number of anilines is 1. The predicted molar refractivity (Wildman–Crippen MR) is 61.9 cm³/mol. The number of ether oxygens (including phenoxy) is 1. The number of nitrogens with one attached hydrogen (secondary N) is 1. The Balaban J connectivity index is 2.96. The first-order chi connectivity index (χ1) is 7.58. The average molecular weight is 221 g/mol. The average Bonchev–Trinajstić information content (AvgIpc) is 2.23. The number of carbonyl (C=O) groups is 2. The maximum atomic E-state index is 11.3. The van der Waals surface area contributed by atoms with Gasteiger partial charge in [0.25, 0.3) is 0 Å². The fourth-order valence-electron chi connectivity index (χ4n) is 1.53. The van der Waals surface area contributed by atoms with Crippen molar-refractivity contribution in [3.8, 4) is 0 Å². The van der Waals surface area contributed by atoms with E-state index < -0.39 is 6.09 Å². The SMILES string of the molecule is CCOC(=O)Nc1c(C)cc(C=O)cc1C. The maximum absolute atomic E-state index is 11.3. The lowest BCUT2D eigenvalue weighted by atomic mass is 10.1. The van der Waals surface area contributed by atoms with E-state index in [1.807, 2.05) is 13.8 Å². The highest BCUT2D eigenvalue weighted by Crippen LogP contribution is 2.21. The number of carbonyl (C=O) groups excluding carboxylic acids is 2. The first-order valence-corrected chi connectivity index (χ1v) is 5.08. The van der Waals surface area contributed by atoms with E-state index in [1.165, 1.54) is 0 Å². The minimum atomic E-state index is -0.479. The van der Waals surface area contributed by atoms with Gasteiger partial charge >= 0.3 is 6.09 Å². The van der Waals surface area contributed by atoms with Crippen LogP contribution in [0.5, 0.6) is 0 Å². The maximum Gasteiger partial charge on any atom is 0.411 e. The van der Waals surface area contributed by atoms with Gasteiger partial charge in [0.2, 0.25) is 0 Å². The van der Waals surface area contributed by atoms with E-state index in [1.54, 1.807) is 19.1 Å². The summed E-state index contributed by atoms with van der Waals surface area (Å²) < 4.78 is 4.79. The third-order valence-corrected chi connectivity index (χ3v) is 2.19. The highest BCUT2D eigenvalue weighted by molar-refractivity contribution is 5.88. The lowest BCUT2D eigenvalue weighted by molar-refractivity contribution is 0.112. The Morgan fingerprint density at radius 2 is 1.94 bits per heavy atom. The molecule has 0 aliphatic rings. The fraction of sp³-hybridized carbons (Fsp3) is 0.333. The molecule has 0 saturated heterocycles. The smallest absolute Gasteiger partial charge is 0.411 e. The summed E-state index contributed by atoms with van der Waals surface area (Å²) in [7, 11) is 0. The minimum absolute atomic E-state index is 0.330. The summed E-state index contributed by atoms with van der Waals surface area (Å²) in [6, 6.07) is 3.45. The largest absolute Gasteiger partial charge is 0.450 e. The van der Waals surface area contributed by atoms with Crippen LogP contribution in [-0.4, -0.2) is 19.0 Å². The van der Waals surface area contributed by atoms with Crippen molar-refractivity contribution in [3.05, 3.63) is 28.8 Å². The molecule has 0 fully saturated rings. The highest BCUT2D eigenvalue weighted by Gasteiger charge is 2.08. The topological polar surface area (TPSA) is 55.4 Å². The van der Waals surface area contributed by atoms with Crippen LogP contribution in [-0.2, 0) is 4.74 Å². The number of amides is 1. The number of aldehydes is 1. The second kappa shape index (κ2) is 5.30. The number of hydrogen-bond acceptors (Lipinski definition) is 3. The molecule has 1 rings (SSSR count). The van der Waals surface area contributed by atoms with Crippen LogP contribution in [0.25, 0.3) is 0 Å². The summed E-state index contributed by atoms with van der Waals surface area (Å²) in [5, 5.41) is 2.65. The molecule has 0 radical (unpaired) electrons. The van der Waals surface area contributed by atoms with Gasteiger partial charge in [0.15, 0.2) is 0 Å². The van der Waals surface area contributed by atoms with Crippen LogP contribution in [0.15, 0.2) is 12.1 Å². The Bertz CT molecular complexity index is 390. The Morgan fingerprint density at radius 1 is 1.38 bits per heavy atom. The van der Waals surface area contributed by atoms with Gasteiger partial charge in [-0.2, -0.15) is 0 Å². The van der Waals surface area contributed by atoms with E-state index in [9.17, 15) is 9.59 Å². The molecule has 0 aliphatic heterocycles. The summed E-state index contributed by atoms with van der Waals surface area (Å²) in [4.78, 5) is 21.9. The molecule has 1 amide bonds. The molecule has 1 aromatic carbocycles. The van der Waals surface area contributed by atoms with Gasteiger partial charge < -0.3 is 4.74 Å². The van der Waals surface area contributed by atoms with E-state index in [2.05, 4.69) is 5.32 Å². The van der Waals surface area contributed by atoms with Crippen molar-refractivity contribution < 1.29 is 14.3 Å². The predicted octanol–water partition coefficient (Wildman–Crippen LogP) is 2.68. The van der Waals surface area contributed by atoms with Crippen LogP contribution < -0.4 is 5.32 Å². The zero-order valence-corrected chi connectivity index (χ0v) is 9.66. The molecule has 1 aromatic rings. The van der Waals surface area contributed by atoms with E-state index in [-0.39, 0.29) is 0 Å². The standard InChI is InChI=1S/C12H15NO3/c1-4-16-12(15)13-11-8(2)5-10(7-14)6-9(11)3/h5-7H,4H2,1-3H3,(H,13,15). The molecule has 0 unspecified atom stereocenters. The molecule has 1 N–H and O–H groups in total. The van der Waals surface area contributed by atoms with Crippen molar-refractivity contribution in [2.75, 3.05) is 11.9 Å². The first kappa shape index (κ1) is 12.2. The molecular weight excluding hydrogens is 206 g/mol. The summed E-state index contributed by atoms with van der Waals surface area (Å²) in [6.07, 6.45) is 0.307. The molecular formula is C12H15NO3. The number of benzene rings is 1. The molecule has 0 bridgehead atoms. The molecule has 0 spiro atoms. The van der Waals surface area contributed by atoms with Crippen LogP contribution in [0, 0.1) is 13.8 Å². The van der Waals surface area contributed by atoms with Gasteiger partial charge in [-0.3, -0.25) is 10.1 Å². The zero-order chi connectivity index (χ0) is 12.1. The van der Waals surface area contributed by atoms with Crippen LogP contribution in [0.3, 0.4) is 0 Å². The van der Waals surface area contributed by atoms with E-state index in [4.69, 9.17) is 4.74 Å². The normalized spacial score (nSPS) is 9.69. The molecule has 16 heavy (non-hydrogen) atoms. The molecule has 0 aliphatic carbocycles. The number of hydrogen-bond donors (Lipinski definition) is 1. The molecule has 86 valence electrons. The first-order valence-electron chi connectivity index (χ1n) is 5.08. The Labute approximate surface area is 94.6 Å². The van der Waals surface area contributed by atoms with Crippen molar-refractivity contribution in [1.29, 1.82) is 0 Å². The third kappa shape index (κ3) is 2.82. The van der Waals surface area contributed by atoms with Gasteiger partial charge in [-0.25, -0.2) is 4.79 Å². The van der Waals surface area contributed by atoms with Crippen molar-refractivity contribution in [3.63, 3.8) is 0 Å². The molecule has 0 atom stereocenters. The van der Waals surface area contributed by atoms with Gasteiger partial charge in [0, 0.05) is 11.3 Å². The van der Waals surface area contributed by atoms with E-state index >= 15 is 0 Å². The van der Waals surface area contributed by atoms with Gasteiger partial charge in [-0.05, 0) is 44.0 Å². The lowest BCUT2D eigenvalue weighted by Crippen LogP contribution is -2.15. The Kier molecular flexibility index (Phi) is 4.05. The molecule has 0 aromatic heterocycles. The summed E-state index contributed by atoms with van der Waals surface area (Å²) >= 11 is 0. The molecule has 0 saturated carbocycles. The van der Waals surface area contributed by atoms with E-state index in [0.717, 1.165) is 17.4 Å². The third-order valence-electron chi connectivity index (χ3n) is 2.19. The number of rotatable bonds is 3. The zero-order valence-electron chi connectivity index (χ0n) is 9.66. The monoisotopic (exact) mass is 221 g/mol. The lowest BCUT2D eigenvalue weighted by Gasteiger charge is -2.11. The van der Waals surface area contributed by atoms with E-state index in [0.29, 0.717) is 17.9 Å². The summed E-state index contributed by atoms with van der Waals surface area (Å²) in [5.74, 6) is 0. The van der Waals surface area contributed by atoms with Gasteiger partial charge in [0.1, 0.15) is 6.29 Å². The summed E-state index contributed by atoms with van der Waals surface area (Å²) in [5.41, 5.74) is 2.98. The fourth-order valence-corrected chi connectivity index (χ4v) is 1.53. The van der Waals surface area contributed by atoms with Gasteiger partial charge in [-0.1, -0.05) is 0 Å². The Hall–Kier alpha value is -1.84. The summed E-state index contributed by atoms with van der Waals surface area (Å²) in [6.45, 7) is 5.74. The van der Waals surface area contributed by atoms with Crippen LogP contribution in [0.2, 0.25) is 0 Å². The molecule has 4 heteroatoms. The van der Waals surface area contributed by atoms with Gasteiger partial charge in [0.05, 0.1) is 6.61 Å². The van der Waals surface area contributed by atoms with Crippen LogP contribution >= 0.6 is 0 Å². The second-order valence-corrected chi connectivity index (χ2v) is 3.49. The van der Waals surface area contributed by atoms with Crippen molar-refractivity contribution in [2.45, 2.75) is 20.8 Å². The van der Waals surface area contributed by atoms with Crippen molar-refractivity contribution in [2.24, 2.45) is 0 Å². The Morgan fingerprint density at radius 3 is 2.38 bits per heavy atom. The quantitative estimate of drug-likeness (QED) is 0.798. The second-order valence-electron chi connectivity index (χ2n) is 3.49. The molecule has 4 nitrogen and oxygen atoms in total. The molecule has 0 heterocycles. The van der Waals surface area contributed by atoms with Crippen molar-refractivity contribution in [1.82, 2.24) is 0 Å². The minimum Gasteiger partial charge on any atom is -0.450 e.